The summed E-state index contributed by atoms with van der Waals surface area (Å²) in [5, 5.41) is 0. The molecule has 0 aliphatic heterocycles. The van der Waals surface area contributed by atoms with Crippen molar-refractivity contribution in [2.24, 2.45) is 11.7 Å². The van der Waals surface area contributed by atoms with Crippen molar-refractivity contribution in [3.8, 4) is 0 Å². The molecule has 0 atom stereocenters. The summed E-state index contributed by atoms with van der Waals surface area (Å²) in [5.74, 6) is -0.743. The van der Waals surface area contributed by atoms with Gasteiger partial charge in [0.1, 0.15) is 0 Å². The second-order valence-electron chi connectivity index (χ2n) is 6.25. The molecule has 1 aliphatic rings. The topological polar surface area (TPSA) is 26.0 Å². The molecule has 1 aromatic carbocycles. The van der Waals surface area contributed by atoms with Crippen molar-refractivity contribution in [3.05, 3.63) is 35.4 Å². The molecule has 0 spiro atoms. The fourth-order valence-electron chi connectivity index (χ4n) is 2.95. The quantitative estimate of drug-likeness (QED) is 0.836. The summed E-state index contributed by atoms with van der Waals surface area (Å²) in [6.07, 6.45) is -3.02. The van der Waals surface area contributed by atoms with Crippen LogP contribution in [0.5, 0.6) is 0 Å². The Morgan fingerprint density at radius 2 is 1.60 bits per heavy atom. The largest absolute Gasteiger partial charge is 0.391 e. The lowest BCUT2D eigenvalue weighted by molar-refractivity contribution is -0.184. The number of benzene rings is 1. The van der Waals surface area contributed by atoms with Crippen molar-refractivity contribution in [3.63, 3.8) is 0 Å². The van der Waals surface area contributed by atoms with Crippen LogP contribution in [0.1, 0.15) is 56.6 Å². The Kier molecular flexibility index (Phi) is 4.14. The minimum atomic E-state index is -4.08. The van der Waals surface area contributed by atoms with E-state index in [0.717, 1.165) is 5.56 Å². The molecule has 0 aromatic heterocycles. The van der Waals surface area contributed by atoms with Gasteiger partial charge in [-0.15, -0.1) is 0 Å². The molecule has 0 saturated heterocycles. The smallest absolute Gasteiger partial charge is 0.321 e. The Balaban J connectivity index is 2.09. The Hall–Kier alpha value is -1.03. The van der Waals surface area contributed by atoms with Gasteiger partial charge in [-0.2, -0.15) is 13.2 Å². The summed E-state index contributed by atoms with van der Waals surface area (Å²) in [7, 11) is 0. The molecule has 4 heteroatoms. The van der Waals surface area contributed by atoms with Crippen LogP contribution in [0.3, 0.4) is 0 Å². The van der Waals surface area contributed by atoms with E-state index in [2.05, 4.69) is 13.8 Å². The second-order valence-corrected chi connectivity index (χ2v) is 6.25. The Morgan fingerprint density at radius 3 is 2.00 bits per heavy atom. The molecule has 112 valence electrons. The zero-order chi connectivity index (χ0) is 15.0. The molecular weight excluding hydrogens is 263 g/mol. The Labute approximate surface area is 118 Å². The standard InChI is InChI=1S/C16H22F3N/c1-11(2)12-3-5-13(6-4-12)15(20)9-7-14(8-10-15)16(17,18)19/h3-6,11,14H,7-10,20H2,1-2H3. The van der Waals surface area contributed by atoms with Crippen LogP contribution < -0.4 is 5.73 Å². The summed E-state index contributed by atoms with van der Waals surface area (Å²) in [4.78, 5) is 0. The lowest BCUT2D eigenvalue weighted by atomic mass is 9.73. The first-order valence-corrected chi connectivity index (χ1v) is 7.18. The Morgan fingerprint density at radius 1 is 1.10 bits per heavy atom. The highest BCUT2D eigenvalue weighted by Gasteiger charge is 2.44. The SMILES string of the molecule is CC(C)c1ccc(C2(N)CCC(C(F)(F)F)CC2)cc1. The fourth-order valence-corrected chi connectivity index (χ4v) is 2.95. The summed E-state index contributed by atoms with van der Waals surface area (Å²) in [6, 6.07) is 8.02. The van der Waals surface area contributed by atoms with Crippen LogP contribution in [0.4, 0.5) is 13.2 Å². The van der Waals surface area contributed by atoms with E-state index in [4.69, 9.17) is 5.73 Å². The van der Waals surface area contributed by atoms with Gasteiger partial charge in [0.2, 0.25) is 0 Å². The van der Waals surface area contributed by atoms with Gasteiger partial charge >= 0.3 is 6.18 Å². The van der Waals surface area contributed by atoms with E-state index < -0.39 is 17.6 Å². The van der Waals surface area contributed by atoms with Crippen LogP contribution in [0, 0.1) is 5.92 Å². The van der Waals surface area contributed by atoms with E-state index in [1.165, 1.54) is 5.56 Å². The average Bonchev–Trinajstić information content (AvgIpc) is 2.38. The minimum absolute atomic E-state index is 0.131. The molecule has 1 aliphatic carbocycles. The van der Waals surface area contributed by atoms with Crippen molar-refractivity contribution in [1.82, 2.24) is 0 Å². The van der Waals surface area contributed by atoms with Crippen LogP contribution in [-0.2, 0) is 5.54 Å². The van der Waals surface area contributed by atoms with Crippen LogP contribution in [0.15, 0.2) is 24.3 Å². The van der Waals surface area contributed by atoms with E-state index in [1.807, 2.05) is 24.3 Å². The molecule has 0 bridgehead atoms. The number of rotatable bonds is 2. The third kappa shape index (κ3) is 3.17. The molecule has 1 fully saturated rings. The monoisotopic (exact) mass is 285 g/mol. The van der Waals surface area contributed by atoms with Gasteiger partial charge in [0, 0.05) is 5.54 Å². The van der Waals surface area contributed by atoms with Crippen molar-refractivity contribution in [2.45, 2.75) is 57.2 Å². The number of hydrogen-bond donors (Lipinski definition) is 1. The number of halogens is 3. The van der Waals surface area contributed by atoms with E-state index in [9.17, 15) is 13.2 Å². The van der Waals surface area contributed by atoms with Gasteiger partial charge in [-0.25, -0.2) is 0 Å². The average molecular weight is 285 g/mol. The molecule has 2 rings (SSSR count). The summed E-state index contributed by atoms with van der Waals surface area (Å²) >= 11 is 0. The highest BCUT2D eigenvalue weighted by molar-refractivity contribution is 5.30. The third-order valence-corrected chi connectivity index (χ3v) is 4.49. The lowest BCUT2D eigenvalue weighted by Gasteiger charge is -2.38. The number of alkyl halides is 3. The maximum atomic E-state index is 12.7. The maximum absolute atomic E-state index is 12.7. The second kappa shape index (κ2) is 5.40. The molecule has 1 nitrogen and oxygen atoms in total. The van der Waals surface area contributed by atoms with E-state index >= 15 is 0 Å². The van der Waals surface area contributed by atoms with Gasteiger partial charge in [0.15, 0.2) is 0 Å². The Bertz CT molecular complexity index is 440. The number of nitrogens with two attached hydrogens (primary N) is 1. The first-order chi connectivity index (χ1) is 9.22. The minimum Gasteiger partial charge on any atom is -0.321 e. The first-order valence-electron chi connectivity index (χ1n) is 7.18. The molecule has 0 amide bonds. The predicted molar refractivity (Wildman–Crippen MR) is 74.4 cm³/mol. The van der Waals surface area contributed by atoms with E-state index in [-0.39, 0.29) is 12.8 Å². The molecule has 1 aromatic rings. The normalized spacial score (nSPS) is 27.9. The molecule has 1 saturated carbocycles. The molecule has 2 N–H and O–H groups in total. The molecular formula is C16H22F3N. The van der Waals surface area contributed by atoms with Crippen molar-refractivity contribution >= 4 is 0 Å². The summed E-state index contributed by atoms with van der Waals surface area (Å²) < 4.78 is 38.1. The van der Waals surface area contributed by atoms with E-state index in [0.29, 0.717) is 18.8 Å². The van der Waals surface area contributed by atoms with Gasteiger partial charge in [0.25, 0.3) is 0 Å². The summed E-state index contributed by atoms with van der Waals surface area (Å²) in [5.41, 5.74) is 7.93. The molecule has 0 unspecified atom stereocenters. The van der Waals surface area contributed by atoms with Gasteiger partial charge in [-0.05, 0) is 42.7 Å². The molecule has 0 heterocycles. The van der Waals surface area contributed by atoms with Crippen molar-refractivity contribution in [1.29, 1.82) is 0 Å². The van der Waals surface area contributed by atoms with Gasteiger partial charge in [-0.3, -0.25) is 0 Å². The zero-order valence-electron chi connectivity index (χ0n) is 12.0. The van der Waals surface area contributed by atoms with Gasteiger partial charge in [0.05, 0.1) is 5.92 Å². The highest BCUT2D eigenvalue weighted by atomic mass is 19.4. The highest BCUT2D eigenvalue weighted by Crippen LogP contribution is 2.43. The third-order valence-electron chi connectivity index (χ3n) is 4.49. The van der Waals surface area contributed by atoms with Crippen LogP contribution in [0.25, 0.3) is 0 Å². The summed E-state index contributed by atoms with van der Waals surface area (Å²) in [6.45, 7) is 4.23. The first kappa shape index (κ1) is 15.4. The van der Waals surface area contributed by atoms with Crippen LogP contribution in [-0.4, -0.2) is 6.18 Å². The lowest BCUT2D eigenvalue weighted by Crippen LogP contribution is -2.43. The van der Waals surface area contributed by atoms with Crippen LogP contribution >= 0.6 is 0 Å². The zero-order valence-corrected chi connectivity index (χ0v) is 12.0. The predicted octanol–water partition coefficient (Wildman–Crippen LogP) is 4.72. The van der Waals surface area contributed by atoms with Crippen molar-refractivity contribution < 1.29 is 13.2 Å². The molecule has 0 radical (unpaired) electrons. The van der Waals surface area contributed by atoms with Gasteiger partial charge in [-0.1, -0.05) is 38.1 Å². The fraction of sp³-hybridized carbons (Fsp3) is 0.625. The van der Waals surface area contributed by atoms with Crippen LogP contribution in [0.2, 0.25) is 0 Å². The van der Waals surface area contributed by atoms with Gasteiger partial charge < -0.3 is 5.73 Å². The molecule has 20 heavy (non-hydrogen) atoms. The van der Waals surface area contributed by atoms with Crippen molar-refractivity contribution in [2.75, 3.05) is 0 Å². The number of hydrogen-bond acceptors (Lipinski definition) is 1. The maximum Gasteiger partial charge on any atom is 0.391 e. The van der Waals surface area contributed by atoms with E-state index in [1.54, 1.807) is 0 Å².